The number of amides is 1. The van der Waals surface area contributed by atoms with Gasteiger partial charge in [0.25, 0.3) is 5.91 Å². The number of aromatic amines is 1. The Morgan fingerprint density at radius 3 is 2.74 bits per heavy atom. The average Bonchev–Trinajstić information content (AvgIpc) is 3.00. The fraction of sp³-hybridized carbons (Fsp3) is 0.273. The van der Waals surface area contributed by atoms with E-state index < -0.39 is 17.4 Å². The highest BCUT2D eigenvalue weighted by atomic mass is 32.1. The monoisotopic (exact) mass is 280 g/mol. The van der Waals surface area contributed by atoms with Gasteiger partial charge in [-0.2, -0.15) is 0 Å². The lowest BCUT2D eigenvalue weighted by Crippen LogP contribution is -2.41. The molecule has 0 unspecified atom stereocenters. The van der Waals surface area contributed by atoms with Crippen LogP contribution in [0.2, 0.25) is 0 Å². The number of H-pyrrole nitrogens is 1. The van der Waals surface area contributed by atoms with Crippen molar-refractivity contribution in [3.05, 3.63) is 34.3 Å². The standard InChI is InChI=1S/C11H12N4O3S/c1-11(2,10-12-3-4-19-10)15-8(16)6-7(9(17)18)14-5-13-6/h3-5H,1-2H3,(H,13,14)(H,15,16)(H,17,18). The molecule has 100 valence electrons. The molecule has 2 heterocycles. The van der Waals surface area contributed by atoms with E-state index in [2.05, 4.69) is 20.3 Å². The molecule has 0 aromatic carbocycles. The normalized spacial score (nSPS) is 11.3. The van der Waals surface area contributed by atoms with E-state index in [-0.39, 0.29) is 11.4 Å². The summed E-state index contributed by atoms with van der Waals surface area (Å²) in [5.74, 6) is -1.78. The molecule has 0 fully saturated rings. The number of carboxylic acids is 1. The molecule has 0 radical (unpaired) electrons. The maximum Gasteiger partial charge on any atom is 0.354 e. The topological polar surface area (TPSA) is 108 Å². The van der Waals surface area contributed by atoms with Gasteiger partial charge in [-0.25, -0.2) is 14.8 Å². The lowest BCUT2D eigenvalue weighted by atomic mass is 10.1. The van der Waals surface area contributed by atoms with Crippen LogP contribution in [0.4, 0.5) is 0 Å². The number of hydrogen-bond donors (Lipinski definition) is 3. The summed E-state index contributed by atoms with van der Waals surface area (Å²) in [5.41, 5.74) is -1.07. The maximum atomic E-state index is 12.1. The Bertz CT molecular complexity index is 603. The Labute approximate surface area is 112 Å². The molecule has 0 saturated carbocycles. The molecule has 0 saturated heterocycles. The second kappa shape index (κ2) is 4.81. The second-order valence-electron chi connectivity index (χ2n) is 4.35. The van der Waals surface area contributed by atoms with Crippen molar-refractivity contribution >= 4 is 23.2 Å². The molecule has 2 aromatic heterocycles. The first-order valence-corrected chi connectivity index (χ1v) is 6.29. The highest BCUT2D eigenvalue weighted by Gasteiger charge is 2.29. The Kier molecular flexibility index (Phi) is 3.34. The van der Waals surface area contributed by atoms with E-state index in [1.807, 2.05) is 0 Å². The first-order valence-electron chi connectivity index (χ1n) is 5.41. The first kappa shape index (κ1) is 13.2. The molecule has 8 heteroatoms. The quantitative estimate of drug-likeness (QED) is 0.780. The zero-order valence-corrected chi connectivity index (χ0v) is 11.1. The summed E-state index contributed by atoms with van der Waals surface area (Å²) >= 11 is 1.41. The van der Waals surface area contributed by atoms with Gasteiger partial charge in [0.2, 0.25) is 0 Å². The third kappa shape index (κ3) is 2.63. The van der Waals surface area contributed by atoms with Crippen LogP contribution in [0.25, 0.3) is 0 Å². The molecule has 2 aromatic rings. The van der Waals surface area contributed by atoms with Gasteiger partial charge in [-0.1, -0.05) is 0 Å². The predicted octanol–water partition coefficient (Wildman–Crippen LogP) is 1.23. The minimum absolute atomic E-state index is 0.142. The van der Waals surface area contributed by atoms with Crippen LogP contribution in [-0.4, -0.2) is 31.9 Å². The van der Waals surface area contributed by atoms with Crippen molar-refractivity contribution in [3.8, 4) is 0 Å². The van der Waals surface area contributed by atoms with Crippen LogP contribution in [-0.2, 0) is 5.54 Å². The number of carbonyl (C=O) groups is 2. The number of nitrogens with zero attached hydrogens (tertiary/aromatic N) is 2. The van der Waals surface area contributed by atoms with E-state index in [1.54, 1.807) is 25.4 Å². The van der Waals surface area contributed by atoms with E-state index in [0.717, 1.165) is 5.01 Å². The van der Waals surface area contributed by atoms with Gasteiger partial charge in [0.1, 0.15) is 5.01 Å². The molecule has 0 aliphatic carbocycles. The molecular weight excluding hydrogens is 268 g/mol. The Hall–Kier alpha value is -2.22. The van der Waals surface area contributed by atoms with Crippen LogP contribution in [0.1, 0.15) is 39.8 Å². The van der Waals surface area contributed by atoms with Crippen molar-refractivity contribution in [1.82, 2.24) is 20.3 Å². The lowest BCUT2D eigenvalue weighted by Gasteiger charge is -2.23. The molecular formula is C11H12N4O3S. The van der Waals surface area contributed by atoms with Gasteiger partial charge in [0.15, 0.2) is 11.4 Å². The number of nitrogens with one attached hydrogen (secondary N) is 2. The van der Waals surface area contributed by atoms with Crippen LogP contribution >= 0.6 is 11.3 Å². The molecule has 1 amide bonds. The molecule has 19 heavy (non-hydrogen) atoms. The number of hydrogen-bond acceptors (Lipinski definition) is 5. The van der Waals surface area contributed by atoms with Crippen molar-refractivity contribution in [2.45, 2.75) is 19.4 Å². The molecule has 0 aliphatic heterocycles. The molecule has 0 atom stereocenters. The summed E-state index contributed by atoms with van der Waals surface area (Å²) in [5, 5.41) is 14.2. The average molecular weight is 280 g/mol. The third-order valence-corrected chi connectivity index (χ3v) is 3.56. The number of carbonyl (C=O) groups excluding carboxylic acids is 1. The first-order chi connectivity index (χ1) is 8.92. The van der Waals surface area contributed by atoms with Gasteiger partial charge in [-0.05, 0) is 13.8 Å². The van der Waals surface area contributed by atoms with E-state index in [4.69, 9.17) is 5.11 Å². The minimum Gasteiger partial charge on any atom is -0.477 e. The van der Waals surface area contributed by atoms with Gasteiger partial charge in [0.05, 0.1) is 11.9 Å². The van der Waals surface area contributed by atoms with Crippen LogP contribution < -0.4 is 5.32 Å². The number of thiazole rings is 1. The zero-order chi connectivity index (χ0) is 14.0. The van der Waals surface area contributed by atoms with Crippen molar-refractivity contribution < 1.29 is 14.7 Å². The summed E-state index contributed by atoms with van der Waals surface area (Å²) < 4.78 is 0. The SMILES string of the molecule is CC(C)(NC(=O)c1nc[nH]c1C(=O)O)c1nccs1. The second-order valence-corrected chi connectivity index (χ2v) is 5.24. The maximum absolute atomic E-state index is 12.1. The molecule has 0 aliphatic rings. The summed E-state index contributed by atoms with van der Waals surface area (Å²) in [6, 6.07) is 0. The van der Waals surface area contributed by atoms with Gasteiger partial charge < -0.3 is 15.4 Å². The number of imidazole rings is 1. The van der Waals surface area contributed by atoms with Crippen LogP contribution in [0.3, 0.4) is 0 Å². The summed E-state index contributed by atoms with van der Waals surface area (Å²) in [4.78, 5) is 33.3. The van der Waals surface area contributed by atoms with E-state index >= 15 is 0 Å². The number of carboxylic acid groups (broad SMARTS) is 1. The third-order valence-electron chi connectivity index (χ3n) is 2.46. The van der Waals surface area contributed by atoms with Gasteiger partial charge in [0, 0.05) is 11.6 Å². The van der Waals surface area contributed by atoms with Gasteiger partial charge in [-0.15, -0.1) is 11.3 Å². The van der Waals surface area contributed by atoms with Crippen LogP contribution in [0.15, 0.2) is 17.9 Å². The summed E-state index contributed by atoms with van der Waals surface area (Å²) in [7, 11) is 0. The van der Waals surface area contributed by atoms with E-state index in [9.17, 15) is 9.59 Å². The number of aromatic nitrogens is 3. The highest BCUT2D eigenvalue weighted by Crippen LogP contribution is 2.22. The van der Waals surface area contributed by atoms with Crippen molar-refractivity contribution in [3.63, 3.8) is 0 Å². The van der Waals surface area contributed by atoms with E-state index in [0.29, 0.717) is 0 Å². The molecule has 2 rings (SSSR count). The Morgan fingerprint density at radius 2 is 2.16 bits per heavy atom. The fourth-order valence-corrected chi connectivity index (χ4v) is 2.28. The van der Waals surface area contributed by atoms with Crippen LogP contribution in [0, 0.1) is 0 Å². The predicted molar refractivity (Wildman–Crippen MR) is 68.2 cm³/mol. The number of rotatable bonds is 4. The molecule has 0 spiro atoms. The summed E-state index contributed by atoms with van der Waals surface area (Å²) in [6.07, 6.45) is 2.82. The van der Waals surface area contributed by atoms with Gasteiger partial charge >= 0.3 is 5.97 Å². The van der Waals surface area contributed by atoms with Crippen molar-refractivity contribution in [2.24, 2.45) is 0 Å². The lowest BCUT2D eigenvalue weighted by molar-refractivity contribution is 0.0683. The molecule has 0 bridgehead atoms. The highest BCUT2D eigenvalue weighted by molar-refractivity contribution is 7.09. The van der Waals surface area contributed by atoms with E-state index in [1.165, 1.54) is 17.7 Å². The minimum atomic E-state index is -1.23. The number of aromatic carboxylic acids is 1. The Morgan fingerprint density at radius 1 is 1.42 bits per heavy atom. The molecule has 7 nitrogen and oxygen atoms in total. The van der Waals surface area contributed by atoms with Gasteiger partial charge in [-0.3, -0.25) is 4.79 Å². The Balaban J connectivity index is 2.22. The molecule has 3 N–H and O–H groups in total. The van der Waals surface area contributed by atoms with Crippen molar-refractivity contribution in [1.29, 1.82) is 0 Å². The summed E-state index contributed by atoms with van der Waals surface area (Å²) in [6.45, 7) is 3.58. The smallest absolute Gasteiger partial charge is 0.354 e. The zero-order valence-electron chi connectivity index (χ0n) is 10.3. The fourth-order valence-electron chi connectivity index (χ4n) is 1.56. The largest absolute Gasteiger partial charge is 0.477 e. The van der Waals surface area contributed by atoms with Crippen molar-refractivity contribution in [2.75, 3.05) is 0 Å². The van der Waals surface area contributed by atoms with Crippen LogP contribution in [0.5, 0.6) is 0 Å².